The van der Waals surface area contributed by atoms with Crippen LogP contribution >= 0.6 is 11.6 Å². The lowest BCUT2D eigenvalue weighted by Crippen LogP contribution is -2.20. The molecule has 0 spiro atoms. The molecule has 0 bridgehead atoms. The highest BCUT2D eigenvalue weighted by molar-refractivity contribution is 6.32. The zero-order valence-corrected chi connectivity index (χ0v) is 14.9. The topological polar surface area (TPSA) is 73.2 Å². The van der Waals surface area contributed by atoms with Gasteiger partial charge >= 0.3 is 0 Å². The normalized spacial score (nSPS) is 10.4. The van der Waals surface area contributed by atoms with E-state index < -0.39 is 5.91 Å². The molecule has 132 valence electrons. The minimum absolute atomic E-state index is 0.252. The zero-order chi connectivity index (χ0) is 18.7. The molecule has 1 N–H and O–H groups in total. The number of methoxy groups -OCH3 is 1. The van der Waals surface area contributed by atoms with Gasteiger partial charge in [-0.15, -0.1) is 0 Å². The summed E-state index contributed by atoms with van der Waals surface area (Å²) in [7, 11) is 3.18. The molecule has 0 aliphatic carbocycles. The Hall–Kier alpha value is -3.12. The van der Waals surface area contributed by atoms with Crippen LogP contribution in [0.1, 0.15) is 10.4 Å². The summed E-state index contributed by atoms with van der Waals surface area (Å²) in [4.78, 5) is 28.1. The van der Waals surface area contributed by atoms with E-state index in [0.717, 1.165) is 11.1 Å². The minimum atomic E-state index is -0.393. The number of carbonyl (C=O) groups excluding carboxylic acids is 1. The second-order valence-electron chi connectivity index (χ2n) is 5.60. The fourth-order valence-electron chi connectivity index (χ4n) is 2.36. The van der Waals surface area contributed by atoms with Crippen LogP contribution in [0.3, 0.4) is 0 Å². The number of anilines is 1. The number of nitrogens with one attached hydrogen (secondary N) is 1. The Bertz CT molecular complexity index is 1010. The standard InChI is InChI=1S/C19H16ClN3O3/c1-23-8-7-13(10-18(23)24)19(25)22-17-6-4-14(11-21-17)12-3-5-16(26-2)15(20)9-12/h3-11H,1-2H3,(H,21,22,25). The van der Waals surface area contributed by atoms with Crippen LogP contribution in [-0.4, -0.2) is 22.6 Å². The SMILES string of the molecule is COc1ccc(-c2ccc(NC(=O)c3ccn(C)c(=O)c3)nc2)cc1Cl. The largest absolute Gasteiger partial charge is 0.495 e. The van der Waals surface area contributed by atoms with Gasteiger partial charge in [0.2, 0.25) is 0 Å². The van der Waals surface area contributed by atoms with Crippen molar-refractivity contribution in [1.82, 2.24) is 9.55 Å². The van der Waals surface area contributed by atoms with Gasteiger partial charge in [-0.2, -0.15) is 0 Å². The van der Waals surface area contributed by atoms with Crippen LogP contribution in [0.5, 0.6) is 5.75 Å². The summed E-state index contributed by atoms with van der Waals surface area (Å²) < 4.78 is 6.53. The number of amides is 1. The van der Waals surface area contributed by atoms with E-state index in [2.05, 4.69) is 10.3 Å². The first-order chi connectivity index (χ1) is 12.5. The average Bonchev–Trinajstić information content (AvgIpc) is 2.64. The predicted octanol–water partition coefficient (Wildman–Crippen LogP) is 3.36. The van der Waals surface area contributed by atoms with Crippen LogP contribution in [0.4, 0.5) is 5.82 Å². The molecular weight excluding hydrogens is 354 g/mol. The van der Waals surface area contributed by atoms with E-state index in [4.69, 9.17) is 16.3 Å². The van der Waals surface area contributed by atoms with Crippen LogP contribution in [0.15, 0.2) is 59.7 Å². The van der Waals surface area contributed by atoms with Crippen molar-refractivity contribution in [3.05, 3.63) is 75.8 Å². The summed E-state index contributed by atoms with van der Waals surface area (Å²) >= 11 is 6.14. The molecule has 1 aromatic carbocycles. The second kappa shape index (κ2) is 7.41. The van der Waals surface area contributed by atoms with Crippen molar-refractivity contribution in [1.29, 1.82) is 0 Å². The van der Waals surface area contributed by atoms with Crippen molar-refractivity contribution in [3.8, 4) is 16.9 Å². The van der Waals surface area contributed by atoms with Crippen molar-refractivity contribution in [2.75, 3.05) is 12.4 Å². The number of pyridine rings is 2. The summed E-state index contributed by atoms with van der Waals surface area (Å²) in [6.45, 7) is 0. The number of aromatic nitrogens is 2. The Balaban J connectivity index is 1.77. The van der Waals surface area contributed by atoms with Gasteiger partial charge in [-0.25, -0.2) is 4.98 Å². The monoisotopic (exact) mass is 369 g/mol. The number of halogens is 1. The number of carbonyl (C=O) groups is 1. The van der Waals surface area contributed by atoms with Crippen molar-refractivity contribution in [3.63, 3.8) is 0 Å². The first-order valence-electron chi connectivity index (χ1n) is 7.76. The Morgan fingerprint density at radius 3 is 2.54 bits per heavy atom. The molecule has 7 heteroatoms. The number of ether oxygens (including phenoxy) is 1. The lowest BCUT2D eigenvalue weighted by atomic mass is 10.1. The highest BCUT2D eigenvalue weighted by Crippen LogP contribution is 2.30. The Morgan fingerprint density at radius 1 is 1.15 bits per heavy atom. The van der Waals surface area contributed by atoms with Gasteiger partial charge in [-0.1, -0.05) is 17.7 Å². The van der Waals surface area contributed by atoms with Crippen LogP contribution < -0.4 is 15.6 Å². The Morgan fingerprint density at radius 2 is 1.92 bits per heavy atom. The van der Waals surface area contributed by atoms with E-state index in [1.807, 2.05) is 12.1 Å². The number of hydrogen-bond acceptors (Lipinski definition) is 4. The van der Waals surface area contributed by atoms with E-state index in [0.29, 0.717) is 16.6 Å². The van der Waals surface area contributed by atoms with Crippen molar-refractivity contribution in [2.45, 2.75) is 0 Å². The van der Waals surface area contributed by atoms with Gasteiger partial charge in [0.05, 0.1) is 12.1 Å². The summed E-state index contributed by atoms with van der Waals surface area (Å²) in [6.07, 6.45) is 3.18. The lowest BCUT2D eigenvalue weighted by molar-refractivity contribution is 0.102. The van der Waals surface area contributed by atoms with Crippen molar-refractivity contribution < 1.29 is 9.53 Å². The predicted molar refractivity (Wildman–Crippen MR) is 101 cm³/mol. The molecule has 3 aromatic rings. The van der Waals surface area contributed by atoms with E-state index in [1.54, 1.807) is 50.8 Å². The van der Waals surface area contributed by atoms with E-state index >= 15 is 0 Å². The molecule has 0 unspecified atom stereocenters. The number of nitrogens with zero attached hydrogens (tertiary/aromatic N) is 2. The third kappa shape index (κ3) is 3.75. The quantitative estimate of drug-likeness (QED) is 0.765. The molecular formula is C19H16ClN3O3. The maximum atomic E-state index is 12.2. The molecule has 3 rings (SSSR count). The van der Waals surface area contributed by atoms with Crippen molar-refractivity contribution in [2.24, 2.45) is 7.05 Å². The molecule has 6 nitrogen and oxygen atoms in total. The Labute approximate surface area is 155 Å². The number of aryl methyl sites for hydroxylation is 1. The number of benzene rings is 1. The third-order valence-corrected chi connectivity index (χ3v) is 4.15. The summed E-state index contributed by atoms with van der Waals surface area (Å²) in [5, 5.41) is 3.18. The fourth-order valence-corrected chi connectivity index (χ4v) is 2.62. The van der Waals surface area contributed by atoms with E-state index in [1.165, 1.54) is 10.6 Å². The Kier molecular flexibility index (Phi) is 5.04. The third-order valence-electron chi connectivity index (χ3n) is 3.86. The number of hydrogen-bond donors (Lipinski definition) is 1. The van der Waals surface area contributed by atoms with Crippen LogP contribution in [0.25, 0.3) is 11.1 Å². The van der Waals surface area contributed by atoms with Gasteiger partial charge in [-0.3, -0.25) is 9.59 Å². The zero-order valence-electron chi connectivity index (χ0n) is 14.2. The maximum Gasteiger partial charge on any atom is 0.257 e. The summed E-state index contributed by atoms with van der Waals surface area (Å²) in [5.74, 6) is 0.593. The van der Waals surface area contributed by atoms with E-state index in [9.17, 15) is 9.59 Å². The average molecular weight is 370 g/mol. The highest BCUT2D eigenvalue weighted by Gasteiger charge is 2.09. The molecule has 2 aromatic heterocycles. The second-order valence-corrected chi connectivity index (χ2v) is 6.01. The molecule has 0 saturated heterocycles. The number of rotatable bonds is 4. The first kappa shape index (κ1) is 17.7. The molecule has 0 fully saturated rings. The van der Waals surface area contributed by atoms with Crippen molar-refractivity contribution >= 4 is 23.3 Å². The maximum absolute atomic E-state index is 12.2. The van der Waals surface area contributed by atoms with Gasteiger partial charge in [0.25, 0.3) is 11.5 Å². The molecule has 0 radical (unpaired) electrons. The van der Waals surface area contributed by atoms with E-state index in [-0.39, 0.29) is 11.1 Å². The van der Waals surface area contributed by atoms with Gasteiger partial charge in [-0.05, 0) is 35.9 Å². The molecule has 1 amide bonds. The molecule has 0 saturated carbocycles. The molecule has 0 aliphatic rings. The molecule has 0 aliphatic heterocycles. The van der Waals surface area contributed by atoms with Gasteiger partial charge < -0.3 is 14.6 Å². The van der Waals surface area contributed by atoms with Crippen LogP contribution in [0, 0.1) is 0 Å². The van der Waals surface area contributed by atoms with Gasteiger partial charge in [0, 0.05) is 36.6 Å². The van der Waals surface area contributed by atoms with Crippen LogP contribution in [-0.2, 0) is 7.05 Å². The molecule has 26 heavy (non-hydrogen) atoms. The fraction of sp³-hybridized carbons (Fsp3) is 0.105. The highest BCUT2D eigenvalue weighted by atomic mass is 35.5. The molecule has 0 atom stereocenters. The smallest absolute Gasteiger partial charge is 0.257 e. The summed E-state index contributed by atoms with van der Waals surface area (Å²) in [5.41, 5.74) is 1.76. The van der Waals surface area contributed by atoms with Gasteiger partial charge in [0.15, 0.2) is 0 Å². The van der Waals surface area contributed by atoms with Gasteiger partial charge in [0.1, 0.15) is 11.6 Å². The first-order valence-corrected chi connectivity index (χ1v) is 8.14. The van der Waals surface area contributed by atoms with Crippen LogP contribution in [0.2, 0.25) is 5.02 Å². The molecule has 2 heterocycles. The summed E-state index contributed by atoms with van der Waals surface area (Å²) in [6, 6.07) is 11.8. The minimum Gasteiger partial charge on any atom is -0.495 e. The lowest BCUT2D eigenvalue weighted by Gasteiger charge is -2.08.